The molecule has 0 bridgehead atoms. The van der Waals surface area contributed by atoms with Crippen molar-refractivity contribution >= 4 is 40.5 Å². The molecule has 7 heteroatoms. The quantitative estimate of drug-likeness (QED) is 0.846. The van der Waals surface area contributed by atoms with Crippen molar-refractivity contribution < 1.29 is 19.1 Å². The second-order valence-electron chi connectivity index (χ2n) is 4.40. The van der Waals surface area contributed by atoms with Gasteiger partial charge in [0, 0.05) is 11.1 Å². The number of ether oxygens (including phenoxy) is 2. The predicted molar refractivity (Wildman–Crippen MR) is 86.0 cm³/mol. The summed E-state index contributed by atoms with van der Waals surface area (Å²) >= 11 is 7.26. The van der Waals surface area contributed by atoms with Crippen LogP contribution in [-0.2, 0) is 9.53 Å². The van der Waals surface area contributed by atoms with Gasteiger partial charge in [0.15, 0.2) is 6.61 Å². The lowest BCUT2D eigenvalue weighted by Gasteiger charge is -2.12. The first-order valence-electron chi connectivity index (χ1n) is 6.36. The van der Waals surface area contributed by atoms with Crippen LogP contribution in [-0.4, -0.2) is 25.6 Å². The Labute approximate surface area is 136 Å². The lowest BCUT2D eigenvalue weighted by molar-refractivity contribution is -0.119. The molecule has 0 saturated carbocycles. The Bertz CT molecular complexity index is 685. The van der Waals surface area contributed by atoms with Crippen LogP contribution in [0, 0.1) is 6.92 Å². The summed E-state index contributed by atoms with van der Waals surface area (Å²) in [7, 11) is 1.48. The molecule has 0 fully saturated rings. The topological polar surface area (TPSA) is 64.6 Å². The number of amides is 1. The Morgan fingerprint density at radius 1 is 1.36 bits per heavy atom. The van der Waals surface area contributed by atoms with Crippen LogP contribution in [0.5, 0.6) is 5.75 Å². The SMILES string of the molecule is COc1cc(Cl)c(C)cc1NC(=O)COC(=O)c1cccs1. The summed E-state index contributed by atoms with van der Waals surface area (Å²) in [4.78, 5) is 24.0. The number of benzene rings is 1. The fraction of sp³-hybridized carbons (Fsp3) is 0.200. The van der Waals surface area contributed by atoms with E-state index in [9.17, 15) is 9.59 Å². The van der Waals surface area contributed by atoms with Gasteiger partial charge in [-0.2, -0.15) is 0 Å². The average Bonchev–Trinajstić information content (AvgIpc) is 3.02. The van der Waals surface area contributed by atoms with Crippen molar-refractivity contribution in [2.45, 2.75) is 6.92 Å². The van der Waals surface area contributed by atoms with Crippen molar-refractivity contribution in [3.05, 3.63) is 45.1 Å². The van der Waals surface area contributed by atoms with Gasteiger partial charge in [-0.15, -0.1) is 11.3 Å². The predicted octanol–water partition coefficient (Wildman–Crippen LogP) is 3.51. The van der Waals surface area contributed by atoms with Gasteiger partial charge in [0.05, 0.1) is 12.8 Å². The summed E-state index contributed by atoms with van der Waals surface area (Å²) in [6, 6.07) is 6.68. The van der Waals surface area contributed by atoms with Gasteiger partial charge in [0.1, 0.15) is 10.6 Å². The number of thiophene rings is 1. The maximum atomic E-state index is 11.9. The first-order chi connectivity index (χ1) is 10.5. The number of aryl methyl sites for hydroxylation is 1. The summed E-state index contributed by atoms with van der Waals surface area (Å²) in [5.74, 6) is -0.539. The van der Waals surface area contributed by atoms with E-state index in [1.807, 2.05) is 6.92 Å². The Morgan fingerprint density at radius 2 is 2.14 bits per heavy atom. The molecule has 1 amide bonds. The molecule has 1 aromatic heterocycles. The number of nitrogens with one attached hydrogen (secondary N) is 1. The van der Waals surface area contributed by atoms with Crippen molar-refractivity contribution in [2.75, 3.05) is 19.0 Å². The molecule has 0 saturated heterocycles. The van der Waals surface area contributed by atoms with Gasteiger partial charge in [0.25, 0.3) is 5.91 Å². The van der Waals surface area contributed by atoms with Gasteiger partial charge in [0.2, 0.25) is 0 Å². The molecule has 1 N–H and O–H groups in total. The van der Waals surface area contributed by atoms with Crippen LogP contribution in [0.15, 0.2) is 29.6 Å². The molecule has 0 aliphatic rings. The minimum Gasteiger partial charge on any atom is -0.495 e. The first-order valence-corrected chi connectivity index (χ1v) is 7.61. The molecule has 0 spiro atoms. The van der Waals surface area contributed by atoms with Gasteiger partial charge < -0.3 is 14.8 Å². The fourth-order valence-electron chi connectivity index (χ4n) is 1.71. The maximum absolute atomic E-state index is 11.9. The highest BCUT2D eigenvalue weighted by atomic mass is 35.5. The number of methoxy groups -OCH3 is 1. The number of carbonyl (C=O) groups is 2. The molecule has 2 aromatic rings. The number of rotatable bonds is 5. The number of halogens is 1. The zero-order chi connectivity index (χ0) is 16.1. The van der Waals surface area contributed by atoms with Gasteiger partial charge in [-0.05, 0) is 30.0 Å². The first kappa shape index (κ1) is 16.3. The van der Waals surface area contributed by atoms with E-state index in [1.54, 1.807) is 29.6 Å². The average molecular weight is 340 g/mol. The smallest absolute Gasteiger partial charge is 0.348 e. The van der Waals surface area contributed by atoms with Crippen LogP contribution in [0.3, 0.4) is 0 Å². The normalized spacial score (nSPS) is 10.1. The van der Waals surface area contributed by atoms with Gasteiger partial charge in [-0.3, -0.25) is 4.79 Å². The van der Waals surface area contributed by atoms with Crippen LogP contribution in [0.25, 0.3) is 0 Å². The number of anilines is 1. The molecule has 5 nitrogen and oxygen atoms in total. The zero-order valence-electron chi connectivity index (χ0n) is 12.0. The van der Waals surface area contributed by atoms with Crippen LogP contribution < -0.4 is 10.1 Å². The van der Waals surface area contributed by atoms with Gasteiger partial charge >= 0.3 is 5.97 Å². The highest BCUT2D eigenvalue weighted by Crippen LogP contribution is 2.30. The number of hydrogen-bond acceptors (Lipinski definition) is 5. The molecular weight excluding hydrogens is 326 g/mol. The Morgan fingerprint density at radius 3 is 2.77 bits per heavy atom. The summed E-state index contributed by atoms with van der Waals surface area (Å²) in [5.41, 5.74) is 1.27. The second kappa shape index (κ2) is 7.29. The summed E-state index contributed by atoms with van der Waals surface area (Å²) < 4.78 is 10.1. The largest absolute Gasteiger partial charge is 0.495 e. The van der Waals surface area contributed by atoms with Crippen molar-refractivity contribution in [1.82, 2.24) is 0 Å². The number of hydrogen-bond donors (Lipinski definition) is 1. The molecule has 0 radical (unpaired) electrons. The van der Waals surface area contributed by atoms with E-state index in [-0.39, 0.29) is 6.61 Å². The van der Waals surface area contributed by atoms with E-state index in [0.29, 0.717) is 21.3 Å². The van der Waals surface area contributed by atoms with Crippen molar-refractivity contribution in [1.29, 1.82) is 0 Å². The maximum Gasteiger partial charge on any atom is 0.348 e. The minimum atomic E-state index is -0.524. The van der Waals surface area contributed by atoms with Gasteiger partial charge in [-0.1, -0.05) is 17.7 Å². The summed E-state index contributed by atoms with van der Waals surface area (Å²) in [6.07, 6.45) is 0. The lowest BCUT2D eigenvalue weighted by Crippen LogP contribution is -2.21. The van der Waals surface area contributed by atoms with E-state index in [4.69, 9.17) is 21.1 Å². The third-order valence-electron chi connectivity index (χ3n) is 2.81. The highest BCUT2D eigenvalue weighted by Gasteiger charge is 2.13. The highest BCUT2D eigenvalue weighted by molar-refractivity contribution is 7.11. The Hall–Kier alpha value is -2.05. The summed E-state index contributed by atoms with van der Waals surface area (Å²) in [6.45, 7) is 1.44. The minimum absolute atomic E-state index is 0.373. The Balaban J connectivity index is 1.97. The standard InChI is InChI=1S/C15H14ClNO4S/c1-9-6-11(12(20-2)7-10(9)16)17-14(18)8-21-15(19)13-4-3-5-22-13/h3-7H,8H2,1-2H3,(H,17,18). The molecule has 1 aromatic carbocycles. The number of carbonyl (C=O) groups excluding carboxylic acids is 2. The monoisotopic (exact) mass is 339 g/mol. The molecule has 22 heavy (non-hydrogen) atoms. The second-order valence-corrected chi connectivity index (χ2v) is 5.76. The van der Waals surface area contributed by atoms with Crippen LogP contribution in [0.2, 0.25) is 5.02 Å². The van der Waals surface area contributed by atoms with Gasteiger partial charge in [-0.25, -0.2) is 4.79 Å². The zero-order valence-corrected chi connectivity index (χ0v) is 13.6. The lowest BCUT2D eigenvalue weighted by atomic mass is 10.2. The van der Waals surface area contributed by atoms with Crippen LogP contribution in [0.1, 0.15) is 15.2 Å². The van der Waals surface area contributed by atoms with Crippen molar-refractivity contribution in [3.63, 3.8) is 0 Å². The van der Waals surface area contributed by atoms with E-state index in [1.165, 1.54) is 18.4 Å². The molecule has 116 valence electrons. The van der Waals surface area contributed by atoms with E-state index < -0.39 is 11.9 Å². The van der Waals surface area contributed by atoms with Crippen molar-refractivity contribution in [2.24, 2.45) is 0 Å². The molecule has 0 atom stereocenters. The molecule has 0 aliphatic carbocycles. The van der Waals surface area contributed by atoms with E-state index in [0.717, 1.165) is 5.56 Å². The molecule has 2 rings (SSSR count). The third-order valence-corrected chi connectivity index (χ3v) is 4.07. The van der Waals surface area contributed by atoms with Crippen LogP contribution in [0.4, 0.5) is 5.69 Å². The molecule has 0 unspecified atom stereocenters. The third kappa shape index (κ3) is 3.99. The van der Waals surface area contributed by atoms with E-state index in [2.05, 4.69) is 5.32 Å². The molecule has 1 heterocycles. The fourth-order valence-corrected chi connectivity index (χ4v) is 2.48. The number of esters is 1. The van der Waals surface area contributed by atoms with E-state index >= 15 is 0 Å². The molecular formula is C15H14ClNO4S. The van der Waals surface area contributed by atoms with Crippen molar-refractivity contribution in [3.8, 4) is 5.75 Å². The Kier molecular flexibility index (Phi) is 5.41. The molecule has 0 aliphatic heterocycles. The summed E-state index contributed by atoms with van der Waals surface area (Å²) in [5, 5.41) is 4.94. The van der Waals surface area contributed by atoms with Crippen LogP contribution >= 0.6 is 22.9 Å².